The Bertz CT molecular complexity index is 1770. The van der Waals surface area contributed by atoms with Gasteiger partial charge in [0.05, 0.1) is 49.1 Å². The average molecular weight is 606 g/mol. The molecule has 1 aliphatic heterocycles. The van der Waals surface area contributed by atoms with E-state index in [4.69, 9.17) is 14.6 Å². The molecule has 0 radical (unpaired) electrons. The van der Waals surface area contributed by atoms with Gasteiger partial charge in [-0.1, -0.05) is 84.9 Å². The molecule has 0 bridgehead atoms. The summed E-state index contributed by atoms with van der Waals surface area (Å²) < 4.78 is 15.2. The number of aliphatic hydroxyl groups is 1. The van der Waals surface area contributed by atoms with Crippen molar-refractivity contribution < 1.29 is 29.3 Å². The van der Waals surface area contributed by atoms with E-state index in [1.165, 1.54) is 0 Å². The quantitative estimate of drug-likeness (QED) is 0.171. The number of carbonyl (C=O) groups excluding carboxylic acids is 1. The number of benzene rings is 4. The van der Waals surface area contributed by atoms with Crippen molar-refractivity contribution in [2.75, 3.05) is 0 Å². The van der Waals surface area contributed by atoms with Gasteiger partial charge < -0.3 is 29.6 Å². The van der Waals surface area contributed by atoms with Crippen molar-refractivity contribution in [3.63, 3.8) is 0 Å². The Hall–Kier alpha value is -4.83. The van der Waals surface area contributed by atoms with Crippen LogP contribution in [0.3, 0.4) is 0 Å². The maximum atomic E-state index is 12.1. The van der Waals surface area contributed by atoms with E-state index in [1.807, 2.05) is 97.3 Å². The summed E-state index contributed by atoms with van der Waals surface area (Å²) in [5.74, 6) is -1.29. The topological polar surface area (TPSA) is 123 Å². The van der Waals surface area contributed by atoms with Crippen LogP contribution in [0, 0.1) is 0 Å². The van der Waals surface area contributed by atoms with Gasteiger partial charge in [0.15, 0.2) is 6.29 Å². The van der Waals surface area contributed by atoms with E-state index in [2.05, 4.69) is 20.9 Å². The van der Waals surface area contributed by atoms with Crippen LogP contribution in [0.25, 0.3) is 22.2 Å². The highest BCUT2D eigenvalue weighted by atomic mass is 16.7. The molecule has 9 nitrogen and oxygen atoms in total. The minimum absolute atomic E-state index is 0.0135. The molecule has 1 aromatic heterocycles. The first kappa shape index (κ1) is 30.2. The molecule has 1 fully saturated rings. The lowest BCUT2D eigenvalue weighted by atomic mass is 9.97. The van der Waals surface area contributed by atoms with Crippen molar-refractivity contribution in [3.05, 3.63) is 126 Å². The van der Waals surface area contributed by atoms with Crippen molar-refractivity contribution in [1.82, 2.24) is 14.9 Å². The third kappa shape index (κ3) is 7.29. The van der Waals surface area contributed by atoms with E-state index < -0.39 is 12.3 Å². The summed E-state index contributed by atoms with van der Waals surface area (Å²) >= 11 is 0. The maximum Gasteiger partial charge on any atom is 0.303 e. The van der Waals surface area contributed by atoms with Gasteiger partial charge >= 0.3 is 5.97 Å². The minimum atomic E-state index is -0.996. The Labute approximate surface area is 261 Å². The number of ether oxygens (including phenoxy) is 2. The van der Waals surface area contributed by atoms with Crippen LogP contribution in [-0.4, -0.2) is 37.7 Å². The molecule has 0 aliphatic carbocycles. The molecule has 3 atom stereocenters. The second-order valence-corrected chi connectivity index (χ2v) is 11.2. The Kier molecular flexibility index (Phi) is 9.30. The first-order chi connectivity index (χ1) is 22.0. The third-order valence-electron chi connectivity index (χ3n) is 8.10. The number of aliphatic hydroxyl groups excluding tert-OH is 1. The number of para-hydroxylation sites is 2. The fourth-order valence-corrected chi connectivity index (χ4v) is 5.69. The Morgan fingerprint density at radius 3 is 2.38 bits per heavy atom. The third-order valence-corrected chi connectivity index (χ3v) is 8.10. The summed E-state index contributed by atoms with van der Waals surface area (Å²) in [6, 6.07) is 31.7. The summed E-state index contributed by atoms with van der Waals surface area (Å²) in [5.41, 5.74) is 7.62. The molecule has 6 rings (SSSR count). The number of carboxylic acids is 1. The number of imidazole rings is 1. The molecule has 3 N–H and O–H groups in total. The summed E-state index contributed by atoms with van der Waals surface area (Å²) in [4.78, 5) is 27.5. The molecule has 0 saturated carbocycles. The number of hydrogen-bond acceptors (Lipinski definition) is 6. The standard InChI is InChI=1S/C36H35N3O6/c40-22-24-9-11-26(12-10-24)33-19-29(21-39-23-38-31-7-3-4-8-32(31)39)44-36(45-33)27-15-13-25(14-16-27)30-6-2-1-5-28(30)20-37-34(41)17-18-35(42)43/h1-16,23,29,33,36,40H,17-22H2,(H,37,41)(H,42,43). The molecule has 45 heavy (non-hydrogen) atoms. The van der Waals surface area contributed by atoms with Crippen molar-refractivity contribution in [2.24, 2.45) is 0 Å². The molecule has 3 unspecified atom stereocenters. The lowest BCUT2D eigenvalue weighted by molar-refractivity contribution is -0.252. The number of amides is 1. The predicted molar refractivity (Wildman–Crippen MR) is 169 cm³/mol. The van der Waals surface area contributed by atoms with Crippen LogP contribution < -0.4 is 5.32 Å². The highest BCUT2D eigenvalue weighted by Gasteiger charge is 2.32. The minimum Gasteiger partial charge on any atom is -0.481 e. The summed E-state index contributed by atoms with van der Waals surface area (Å²) in [6.45, 7) is 0.905. The molecule has 1 amide bonds. The molecule has 230 valence electrons. The molecular formula is C36H35N3O6. The Morgan fingerprint density at radius 1 is 0.867 bits per heavy atom. The molecule has 4 aromatic carbocycles. The van der Waals surface area contributed by atoms with Crippen LogP contribution in [0.4, 0.5) is 0 Å². The lowest BCUT2D eigenvalue weighted by Crippen LogP contribution is -2.32. The van der Waals surface area contributed by atoms with Gasteiger partial charge in [0, 0.05) is 24.9 Å². The van der Waals surface area contributed by atoms with Crippen molar-refractivity contribution in [2.45, 2.75) is 57.5 Å². The van der Waals surface area contributed by atoms with E-state index >= 15 is 0 Å². The predicted octanol–water partition coefficient (Wildman–Crippen LogP) is 5.92. The smallest absolute Gasteiger partial charge is 0.303 e. The summed E-state index contributed by atoms with van der Waals surface area (Å²) in [6.07, 6.45) is 1.30. The normalized spacial score (nSPS) is 18.1. The highest BCUT2D eigenvalue weighted by molar-refractivity contribution is 5.81. The van der Waals surface area contributed by atoms with Gasteiger partial charge in [-0.25, -0.2) is 4.98 Å². The molecule has 1 saturated heterocycles. The van der Waals surface area contributed by atoms with Crippen molar-refractivity contribution in [3.8, 4) is 11.1 Å². The fourth-order valence-electron chi connectivity index (χ4n) is 5.69. The molecule has 5 aromatic rings. The van der Waals surface area contributed by atoms with Crippen molar-refractivity contribution in [1.29, 1.82) is 0 Å². The van der Waals surface area contributed by atoms with Crippen molar-refractivity contribution >= 4 is 22.9 Å². The zero-order valence-electron chi connectivity index (χ0n) is 24.7. The van der Waals surface area contributed by atoms with Gasteiger partial charge in [-0.05, 0) is 39.9 Å². The Morgan fingerprint density at radius 2 is 1.60 bits per heavy atom. The van der Waals surface area contributed by atoms with Gasteiger partial charge in [0.25, 0.3) is 0 Å². The van der Waals surface area contributed by atoms with Gasteiger partial charge in [-0.3, -0.25) is 9.59 Å². The number of aromatic nitrogens is 2. The van der Waals surface area contributed by atoms with E-state index in [9.17, 15) is 14.7 Å². The second-order valence-electron chi connectivity index (χ2n) is 11.2. The molecule has 1 aliphatic rings. The first-order valence-electron chi connectivity index (χ1n) is 15.0. The van der Waals surface area contributed by atoms with Crippen LogP contribution in [0.15, 0.2) is 103 Å². The maximum absolute atomic E-state index is 12.1. The number of nitrogens with one attached hydrogen (secondary N) is 1. The van der Waals surface area contributed by atoms with Crippen LogP contribution in [0.5, 0.6) is 0 Å². The first-order valence-corrected chi connectivity index (χ1v) is 15.0. The Balaban J connectivity index is 1.22. The molecular weight excluding hydrogens is 570 g/mol. The number of nitrogens with zero attached hydrogens (tertiary/aromatic N) is 2. The average Bonchev–Trinajstić information content (AvgIpc) is 3.49. The molecule has 9 heteroatoms. The van der Waals surface area contributed by atoms with E-state index in [1.54, 1.807) is 0 Å². The van der Waals surface area contributed by atoms with E-state index in [-0.39, 0.29) is 37.6 Å². The van der Waals surface area contributed by atoms with E-state index in [0.717, 1.165) is 44.4 Å². The number of aliphatic carboxylic acids is 1. The largest absolute Gasteiger partial charge is 0.481 e. The zero-order valence-corrected chi connectivity index (χ0v) is 24.7. The van der Waals surface area contributed by atoms with Gasteiger partial charge in [-0.15, -0.1) is 0 Å². The van der Waals surface area contributed by atoms with Gasteiger partial charge in [0.2, 0.25) is 5.91 Å². The number of carboxylic acid groups (broad SMARTS) is 1. The molecule has 0 spiro atoms. The monoisotopic (exact) mass is 605 g/mol. The van der Waals surface area contributed by atoms with Crippen LogP contribution >= 0.6 is 0 Å². The fraction of sp³-hybridized carbons (Fsp3) is 0.250. The second kappa shape index (κ2) is 13.9. The van der Waals surface area contributed by atoms with Gasteiger partial charge in [-0.2, -0.15) is 0 Å². The van der Waals surface area contributed by atoms with Gasteiger partial charge in [0.1, 0.15) is 0 Å². The molecule has 2 heterocycles. The lowest BCUT2D eigenvalue weighted by Gasteiger charge is -2.36. The SMILES string of the molecule is O=C(O)CCC(=O)NCc1ccccc1-c1ccc(C2OC(Cn3cnc4ccccc43)CC(c3ccc(CO)cc3)O2)cc1. The van der Waals surface area contributed by atoms with Crippen LogP contribution in [-0.2, 0) is 38.8 Å². The summed E-state index contributed by atoms with van der Waals surface area (Å²) in [5, 5.41) is 21.2. The summed E-state index contributed by atoms with van der Waals surface area (Å²) in [7, 11) is 0. The number of carbonyl (C=O) groups is 2. The highest BCUT2D eigenvalue weighted by Crippen LogP contribution is 2.39. The number of rotatable bonds is 11. The number of fused-ring (bicyclic) bond motifs is 1. The number of hydrogen-bond donors (Lipinski definition) is 3. The van der Waals surface area contributed by atoms with E-state index in [0.29, 0.717) is 19.5 Å². The van der Waals surface area contributed by atoms with Crippen LogP contribution in [0.2, 0.25) is 0 Å². The zero-order chi connectivity index (χ0) is 31.2. The van der Waals surface area contributed by atoms with Crippen LogP contribution in [0.1, 0.15) is 53.9 Å².